The van der Waals surface area contributed by atoms with Crippen LogP contribution in [0.3, 0.4) is 0 Å². The number of thiazole rings is 1. The zero-order valence-corrected chi connectivity index (χ0v) is 13.6. The number of hydrogen-bond donors (Lipinski definition) is 0. The van der Waals surface area contributed by atoms with Gasteiger partial charge in [-0.2, -0.15) is 5.10 Å². The van der Waals surface area contributed by atoms with Crippen LogP contribution >= 0.6 is 22.9 Å². The van der Waals surface area contributed by atoms with Crippen molar-refractivity contribution in [2.75, 3.05) is 7.05 Å². The molecule has 0 fully saturated rings. The number of nitrogens with zero attached hydrogens (tertiary/aromatic N) is 3. The highest BCUT2D eigenvalue weighted by Gasteiger charge is 2.06. The van der Waals surface area contributed by atoms with Gasteiger partial charge in [0, 0.05) is 23.0 Å². The smallest absolute Gasteiger partial charge is 0.205 e. The van der Waals surface area contributed by atoms with Crippen molar-refractivity contribution in [3.63, 3.8) is 0 Å². The molecule has 0 N–H and O–H groups in total. The molecule has 0 aliphatic heterocycles. The van der Waals surface area contributed by atoms with E-state index in [0.717, 1.165) is 26.6 Å². The molecular formula is C17H14ClN3S. The van der Waals surface area contributed by atoms with Crippen LogP contribution in [0.4, 0.5) is 0 Å². The molecule has 3 nitrogen and oxygen atoms in total. The SMILES string of the molecule is CN=c1scc(-c2ccc(Cl)cc2)n1N=Cc1ccccc1. The van der Waals surface area contributed by atoms with Crippen molar-refractivity contribution in [1.82, 2.24) is 4.68 Å². The molecule has 0 radical (unpaired) electrons. The van der Waals surface area contributed by atoms with Crippen molar-refractivity contribution < 1.29 is 0 Å². The number of aromatic nitrogens is 1. The van der Waals surface area contributed by atoms with Crippen LogP contribution in [-0.2, 0) is 0 Å². The molecule has 0 saturated carbocycles. The van der Waals surface area contributed by atoms with Gasteiger partial charge in [0.05, 0.1) is 11.9 Å². The van der Waals surface area contributed by atoms with E-state index in [1.807, 2.05) is 70.9 Å². The van der Waals surface area contributed by atoms with Crippen LogP contribution < -0.4 is 4.80 Å². The molecule has 0 spiro atoms. The Morgan fingerprint density at radius 1 is 1.05 bits per heavy atom. The minimum atomic E-state index is 0.721. The Hall–Kier alpha value is -2.17. The first-order valence-electron chi connectivity index (χ1n) is 6.76. The van der Waals surface area contributed by atoms with Crippen LogP contribution in [0.25, 0.3) is 11.3 Å². The van der Waals surface area contributed by atoms with Gasteiger partial charge in [0.15, 0.2) is 0 Å². The molecular weight excluding hydrogens is 314 g/mol. The summed E-state index contributed by atoms with van der Waals surface area (Å²) in [5, 5.41) is 7.35. The maximum Gasteiger partial charge on any atom is 0.205 e. The molecule has 3 rings (SSSR count). The van der Waals surface area contributed by atoms with Gasteiger partial charge in [-0.25, -0.2) is 4.68 Å². The van der Waals surface area contributed by atoms with Gasteiger partial charge in [0.1, 0.15) is 0 Å². The first kappa shape index (κ1) is 14.8. The molecule has 0 unspecified atom stereocenters. The Balaban J connectivity index is 2.05. The third-order valence-electron chi connectivity index (χ3n) is 3.14. The predicted molar refractivity (Wildman–Crippen MR) is 93.7 cm³/mol. The molecule has 1 aromatic heterocycles. The summed E-state index contributed by atoms with van der Waals surface area (Å²) in [6, 6.07) is 17.7. The molecule has 0 atom stereocenters. The molecule has 110 valence electrons. The van der Waals surface area contributed by atoms with E-state index < -0.39 is 0 Å². The first-order chi connectivity index (χ1) is 10.8. The van der Waals surface area contributed by atoms with Crippen LogP contribution in [0.5, 0.6) is 0 Å². The summed E-state index contributed by atoms with van der Waals surface area (Å²) in [7, 11) is 1.77. The van der Waals surface area contributed by atoms with Crippen molar-refractivity contribution in [1.29, 1.82) is 0 Å². The first-order valence-corrected chi connectivity index (χ1v) is 8.02. The lowest BCUT2D eigenvalue weighted by atomic mass is 10.2. The van der Waals surface area contributed by atoms with Crippen LogP contribution in [0.15, 0.2) is 70.1 Å². The van der Waals surface area contributed by atoms with Gasteiger partial charge in [-0.1, -0.05) is 54.1 Å². The summed E-state index contributed by atoms with van der Waals surface area (Å²) in [5.41, 5.74) is 3.10. The summed E-state index contributed by atoms with van der Waals surface area (Å²) < 4.78 is 1.85. The molecule has 5 heteroatoms. The molecule has 0 amide bonds. The average Bonchev–Trinajstić information content (AvgIpc) is 2.97. The van der Waals surface area contributed by atoms with E-state index in [1.54, 1.807) is 18.4 Å². The number of halogens is 1. The molecule has 1 heterocycles. The Bertz CT molecular complexity index is 846. The van der Waals surface area contributed by atoms with E-state index in [2.05, 4.69) is 10.1 Å². The summed E-state index contributed by atoms with van der Waals surface area (Å²) in [5.74, 6) is 0. The van der Waals surface area contributed by atoms with Gasteiger partial charge < -0.3 is 0 Å². The molecule has 0 bridgehead atoms. The third kappa shape index (κ3) is 3.18. The van der Waals surface area contributed by atoms with Gasteiger partial charge >= 0.3 is 0 Å². The monoisotopic (exact) mass is 327 g/mol. The lowest BCUT2D eigenvalue weighted by Gasteiger charge is -2.03. The second-order valence-corrected chi connectivity index (χ2v) is 5.87. The van der Waals surface area contributed by atoms with Gasteiger partial charge in [-0.15, -0.1) is 11.3 Å². The quantitative estimate of drug-likeness (QED) is 0.643. The largest absolute Gasteiger partial charge is 0.261 e. The standard InChI is InChI=1S/C17H14ClN3S/c1-19-17-21(20-11-13-5-3-2-4-6-13)16(12-22-17)14-7-9-15(18)10-8-14/h2-12H,1H3. The fourth-order valence-electron chi connectivity index (χ4n) is 2.04. The normalized spacial score (nSPS) is 12.2. The zero-order chi connectivity index (χ0) is 15.4. The Morgan fingerprint density at radius 2 is 1.77 bits per heavy atom. The Morgan fingerprint density at radius 3 is 2.45 bits per heavy atom. The minimum absolute atomic E-state index is 0.721. The molecule has 2 aromatic carbocycles. The average molecular weight is 328 g/mol. The molecule has 0 aliphatic carbocycles. The summed E-state index contributed by atoms with van der Waals surface area (Å²) in [6.45, 7) is 0. The maximum absolute atomic E-state index is 5.96. The van der Waals surface area contributed by atoms with E-state index in [-0.39, 0.29) is 0 Å². The second kappa shape index (κ2) is 6.73. The Labute approximate surface area is 137 Å². The number of benzene rings is 2. The van der Waals surface area contributed by atoms with E-state index in [1.165, 1.54) is 0 Å². The highest BCUT2D eigenvalue weighted by Crippen LogP contribution is 2.22. The van der Waals surface area contributed by atoms with Crippen LogP contribution in [0.1, 0.15) is 5.56 Å². The van der Waals surface area contributed by atoms with Crippen molar-refractivity contribution in [3.05, 3.63) is 75.4 Å². The third-order valence-corrected chi connectivity index (χ3v) is 4.30. The number of hydrogen-bond acceptors (Lipinski definition) is 3. The summed E-state index contributed by atoms with van der Waals surface area (Å²) in [4.78, 5) is 5.13. The van der Waals surface area contributed by atoms with Crippen molar-refractivity contribution in [3.8, 4) is 11.3 Å². The topological polar surface area (TPSA) is 29.6 Å². The molecule has 22 heavy (non-hydrogen) atoms. The minimum Gasteiger partial charge on any atom is -0.261 e. The van der Waals surface area contributed by atoms with Gasteiger partial charge in [-0.3, -0.25) is 4.99 Å². The van der Waals surface area contributed by atoms with E-state index in [4.69, 9.17) is 11.6 Å². The lowest BCUT2D eigenvalue weighted by molar-refractivity contribution is 0.848. The highest BCUT2D eigenvalue weighted by atomic mass is 35.5. The van der Waals surface area contributed by atoms with Gasteiger partial charge in [-0.05, 0) is 17.7 Å². The van der Waals surface area contributed by atoms with Crippen LogP contribution in [0.2, 0.25) is 5.02 Å². The van der Waals surface area contributed by atoms with E-state index in [9.17, 15) is 0 Å². The van der Waals surface area contributed by atoms with Gasteiger partial charge in [0.2, 0.25) is 4.80 Å². The second-order valence-electron chi connectivity index (χ2n) is 4.60. The van der Waals surface area contributed by atoms with Gasteiger partial charge in [0.25, 0.3) is 0 Å². The maximum atomic E-state index is 5.96. The summed E-state index contributed by atoms with van der Waals surface area (Å²) in [6.07, 6.45) is 1.83. The lowest BCUT2D eigenvalue weighted by Crippen LogP contribution is -2.11. The van der Waals surface area contributed by atoms with Crippen molar-refractivity contribution in [2.24, 2.45) is 10.1 Å². The molecule has 0 aliphatic rings. The fraction of sp³-hybridized carbons (Fsp3) is 0.0588. The predicted octanol–water partition coefficient (Wildman–Crippen LogP) is 4.28. The zero-order valence-electron chi connectivity index (χ0n) is 12.0. The van der Waals surface area contributed by atoms with Crippen LogP contribution in [0, 0.1) is 0 Å². The van der Waals surface area contributed by atoms with Crippen LogP contribution in [-0.4, -0.2) is 17.9 Å². The van der Waals surface area contributed by atoms with E-state index >= 15 is 0 Å². The molecule has 0 saturated heterocycles. The van der Waals surface area contributed by atoms with Crippen molar-refractivity contribution in [2.45, 2.75) is 0 Å². The highest BCUT2D eigenvalue weighted by molar-refractivity contribution is 7.07. The summed E-state index contributed by atoms with van der Waals surface area (Å²) >= 11 is 7.52. The van der Waals surface area contributed by atoms with Crippen molar-refractivity contribution >= 4 is 29.2 Å². The van der Waals surface area contributed by atoms with E-state index in [0.29, 0.717) is 0 Å². The number of rotatable bonds is 3. The Kier molecular flexibility index (Phi) is 4.51. The molecule has 3 aromatic rings. The fourth-order valence-corrected chi connectivity index (χ4v) is 2.97.